The largest absolute Gasteiger partial charge is 0.456 e. The Bertz CT molecular complexity index is 489. The zero-order valence-corrected chi connectivity index (χ0v) is 9.27. The van der Waals surface area contributed by atoms with Gasteiger partial charge in [-0.05, 0) is 23.6 Å². The fourth-order valence-corrected chi connectivity index (χ4v) is 2.26. The van der Waals surface area contributed by atoms with Crippen molar-refractivity contribution in [2.24, 2.45) is 5.73 Å². The Kier molecular flexibility index (Phi) is 2.90. The number of hydrogen-bond acceptors (Lipinski definition) is 4. The second-order valence-electron chi connectivity index (χ2n) is 2.90. The molecule has 15 heavy (non-hydrogen) atoms. The van der Waals surface area contributed by atoms with Gasteiger partial charge in [0.15, 0.2) is 5.76 Å². The Labute approximate surface area is 95.5 Å². The predicted octanol–water partition coefficient (Wildman–Crippen LogP) is 2.68. The summed E-state index contributed by atoms with van der Waals surface area (Å²) in [6, 6.07) is 4.99. The molecule has 0 amide bonds. The quantitative estimate of drug-likeness (QED) is 0.841. The van der Waals surface area contributed by atoms with Gasteiger partial charge in [0.2, 0.25) is 5.78 Å². The molecule has 2 N–H and O–H groups in total. The molecular formula is C10H8ClNO2S. The molecule has 0 aliphatic rings. The molecule has 2 rings (SSSR count). The van der Waals surface area contributed by atoms with Crippen LogP contribution in [0.15, 0.2) is 28.0 Å². The molecule has 78 valence electrons. The van der Waals surface area contributed by atoms with Gasteiger partial charge in [0.1, 0.15) is 5.76 Å². The molecule has 0 aliphatic carbocycles. The summed E-state index contributed by atoms with van der Waals surface area (Å²) in [4.78, 5) is 12.3. The van der Waals surface area contributed by atoms with Gasteiger partial charge in [-0.3, -0.25) is 4.79 Å². The first-order valence-corrected chi connectivity index (χ1v) is 5.54. The van der Waals surface area contributed by atoms with Gasteiger partial charge in [-0.2, -0.15) is 0 Å². The van der Waals surface area contributed by atoms with E-state index in [4.69, 9.17) is 21.8 Å². The average Bonchev–Trinajstić information content (AvgIpc) is 2.84. The summed E-state index contributed by atoms with van der Waals surface area (Å²) >= 11 is 7.15. The summed E-state index contributed by atoms with van der Waals surface area (Å²) in [5.41, 5.74) is 5.38. The van der Waals surface area contributed by atoms with Gasteiger partial charge in [-0.15, -0.1) is 11.3 Å². The van der Waals surface area contributed by atoms with Gasteiger partial charge in [0, 0.05) is 0 Å². The molecule has 0 bridgehead atoms. The lowest BCUT2D eigenvalue weighted by Crippen LogP contribution is -1.97. The smallest absolute Gasteiger partial charge is 0.239 e. The number of ketones is 1. The summed E-state index contributed by atoms with van der Waals surface area (Å²) in [5, 5.41) is 2.22. The molecule has 0 aliphatic heterocycles. The van der Waals surface area contributed by atoms with Crippen molar-refractivity contribution in [2.75, 3.05) is 0 Å². The van der Waals surface area contributed by atoms with Crippen LogP contribution >= 0.6 is 22.9 Å². The van der Waals surface area contributed by atoms with Gasteiger partial charge in [-0.25, -0.2) is 0 Å². The molecule has 0 saturated heterocycles. The third-order valence-corrected chi connectivity index (χ3v) is 3.25. The van der Waals surface area contributed by atoms with Crippen LogP contribution in [-0.4, -0.2) is 5.78 Å². The van der Waals surface area contributed by atoms with Crippen molar-refractivity contribution in [1.29, 1.82) is 0 Å². The van der Waals surface area contributed by atoms with Crippen LogP contribution < -0.4 is 5.73 Å². The lowest BCUT2D eigenvalue weighted by atomic mass is 10.2. The zero-order valence-electron chi connectivity index (χ0n) is 7.70. The number of nitrogens with two attached hydrogens (primary N) is 1. The second-order valence-corrected chi connectivity index (χ2v) is 4.22. The van der Waals surface area contributed by atoms with Crippen molar-refractivity contribution in [3.63, 3.8) is 0 Å². The highest BCUT2D eigenvalue weighted by Gasteiger charge is 2.17. The van der Waals surface area contributed by atoms with Crippen LogP contribution in [0.4, 0.5) is 0 Å². The van der Waals surface area contributed by atoms with Crippen LogP contribution in [0.25, 0.3) is 0 Å². The predicted molar refractivity (Wildman–Crippen MR) is 59.4 cm³/mol. The van der Waals surface area contributed by atoms with Crippen molar-refractivity contribution in [1.82, 2.24) is 0 Å². The molecule has 5 heteroatoms. The van der Waals surface area contributed by atoms with E-state index >= 15 is 0 Å². The van der Waals surface area contributed by atoms with Crippen LogP contribution in [0, 0.1) is 0 Å². The maximum absolute atomic E-state index is 11.8. The van der Waals surface area contributed by atoms with Gasteiger partial charge < -0.3 is 10.2 Å². The Morgan fingerprint density at radius 3 is 2.80 bits per heavy atom. The summed E-state index contributed by atoms with van der Waals surface area (Å²) in [6.07, 6.45) is 0. The molecule has 0 radical (unpaired) electrons. The molecule has 2 heterocycles. The minimum atomic E-state index is -0.199. The SMILES string of the molecule is NCc1ccc(C(=O)c2sccc2Cl)o1. The Morgan fingerprint density at radius 1 is 1.47 bits per heavy atom. The van der Waals surface area contributed by atoms with Crippen LogP contribution in [-0.2, 0) is 6.54 Å². The monoisotopic (exact) mass is 241 g/mol. The van der Waals surface area contributed by atoms with E-state index in [1.54, 1.807) is 23.6 Å². The summed E-state index contributed by atoms with van der Waals surface area (Å²) < 4.78 is 5.25. The number of furan rings is 1. The van der Waals surface area contributed by atoms with Crippen LogP contribution in [0.5, 0.6) is 0 Å². The molecule has 0 saturated carbocycles. The minimum absolute atomic E-state index is 0.199. The van der Waals surface area contributed by atoms with E-state index in [9.17, 15) is 4.79 Å². The first kappa shape index (κ1) is 10.4. The number of rotatable bonds is 3. The summed E-state index contributed by atoms with van der Waals surface area (Å²) in [6.45, 7) is 0.283. The van der Waals surface area contributed by atoms with Gasteiger partial charge in [0.25, 0.3) is 0 Å². The highest BCUT2D eigenvalue weighted by atomic mass is 35.5. The molecule has 2 aromatic heterocycles. The first-order valence-electron chi connectivity index (χ1n) is 4.29. The first-order chi connectivity index (χ1) is 7.22. The topological polar surface area (TPSA) is 56.2 Å². The molecule has 0 fully saturated rings. The average molecular weight is 242 g/mol. The van der Waals surface area contributed by atoms with E-state index in [0.29, 0.717) is 15.7 Å². The molecule has 0 aromatic carbocycles. The van der Waals surface area contributed by atoms with Crippen molar-refractivity contribution < 1.29 is 9.21 Å². The fraction of sp³-hybridized carbons (Fsp3) is 0.100. The summed E-state index contributed by atoms with van der Waals surface area (Å²) in [7, 11) is 0. The van der Waals surface area contributed by atoms with Gasteiger partial charge in [-0.1, -0.05) is 11.6 Å². The van der Waals surface area contributed by atoms with E-state index in [0.717, 1.165) is 0 Å². The Balaban J connectivity index is 2.32. The molecule has 0 atom stereocenters. The highest BCUT2D eigenvalue weighted by molar-refractivity contribution is 7.13. The van der Waals surface area contributed by atoms with Crippen molar-refractivity contribution in [3.8, 4) is 0 Å². The Morgan fingerprint density at radius 2 is 2.27 bits per heavy atom. The van der Waals surface area contributed by atoms with Crippen LogP contribution in [0.2, 0.25) is 5.02 Å². The van der Waals surface area contributed by atoms with E-state index < -0.39 is 0 Å². The fourth-order valence-electron chi connectivity index (χ4n) is 1.18. The summed E-state index contributed by atoms with van der Waals surface area (Å²) in [5.74, 6) is 0.667. The molecular weight excluding hydrogens is 234 g/mol. The molecule has 0 spiro atoms. The van der Waals surface area contributed by atoms with Crippen molar-refractivity contribution in [2.45, 2.75) is 6.54 Å². The molecule has 2 aromatic rings. The number of hydrogen-bond donors (Lipinski definition) is 1. The molecule has 0 unspecified atom stereocenters. The molecule has 3 nitrogen and oxygen atoms in total. The Hall–Kier alpha value is -1.10. The lowest BCUT2D eigenvalue weighted by molar-refractivity contribution is 0.101. The number of carbonyl (C=O) groups excluding carboxylic acids is 1. The maximum Gasteiger partial charge on any atom is 0.239 e. The highest BCUT2D eigenvalue weighted by Crippen LogP contribution is 2.25. The minimum Gasteiger partial charge on any atom is -0.456 e. The zero-order chi connectivity index (χ0) is 10.8. The van der Waals surface area contributed by atoms with E-state index in [2.05, 4.69) is 0 Å². The second kappa shape index (κ2) is 4.18. The van der Waals surface area contributed by atoms with E-state index in [1.807, 2.05) is 0 Å². The van der Waals surface area contributed by atoms with Gasteiger partial charge in [0.05, 0.1) is 16.4 Å². The maximum atomic E-state index is 11.8. The lowest BCUT2D eigenvalue weighted by Gasteiger charge is -1.94. The number of thiophene rings is 1. The normalized spacial score (nSPS) is 10.5. The van der Waals surface area contributed by atoms with E-state index in [1.165, 1.54) is 11.3 Å². The van der Waals surface area contributed by atoms with Crippen LogP contribution in [0.1, 0.15) is 21.2 Å². The number of halogens is 1. The standard InChI is InChI=1S/C10H8ClNO2S/c11-7-3-4-15-10(7)9(13)8-2-1-6(5-12)14-8/h1-4H,5,12H2. The van der Waals surface area contributed by atoms with Crippen LogP contribution in [0.3, 0.4) is 0 Å². The van der Waals surface area contributed by atoms with E-state index in [-0.39, 0.29) is 18.1 Å². The third kappa shape index (κ3) is 1.97. The van der Waals surface area contributed by atoms with Gasteiger partial charge >= 0.3 is 0 Å². The van der Waals surface area contributed by atoms with Crippen molar-refractivity contribution in [3.05, 3.63) is 45.0 Å². The third-order valence-electron chi connectivity index (χ3n) is 1.91. The van der Waals surface area contributed by atoms with Crippen molar-refractivity contribution >= 4 is 28.7 Å². The number of carbonyl (C=O) groups is 1.